The molecule has 0 N–H and O–H groups in total. The van der Waals surface area contributed by atoms with Gasteiger partial charge in [-0.25, -0.2) is 0 Å². The first-order chi connectivity index (χ1) is 12.2. The Bertz CT molecular complexity index is 926. The topological polar surface area (TPSA) is 76.2 Å². The van der Waals surface area contributed by atoms with E-state index in [2.05, 4.69) is 6.07 Å². The zero-order valence-electron chi connectivity index (χ0n) is 13.3. The normalized spacial score (nSPS) is 10.0. The van der Waals surface area contributed by atoms with Crippen LogP contribution in [0.4, 0.5) is 5.69 Å². The standard InChI is InChI=1S/C20H14N2O3/c21-13-15-5-7-16(8-6-15)17-9-11-19(12-10-17)25-14-18-3-1-2-4-20(18)22(23)24/h1-12H,14H2. The molecule has 0 fully saturated rings. The summed E-state index contributed by atoms with van der Waals surface area (Å²) in [5.41, 5.74) is 3.21. The van der Waals surface area contributed by atoms with Crippen molar-refractivity contribution in [3.05, 3.63) is 94.0 Å². The molecule has 0 aromatic heterocycles. The summed E-state index contributed by atoms with van der Waals surface area (Å²) < 4.78 is 5.66. The number of para-hydroxylation sites is 1. The Morgan fingerprint density at radius 1 is 0.920 bits per heavy atom. The van der Waals surface area contributed by atoms with Gasteiger partial charge in [0.2, 0.25) is 0 Å². The molecule has 0 saturated carbocycles. The van der Waals surface area contributed by atoms with E-state index in [-0.39, 0.29) is 12.3 Å². The number of rotatable bonds is 5. The molecule has 0 radical (unpaired) electrons. The summed E-state index contributed by atoms with van der Waals surface area (Å²) in [5, 5.41) is 19.8. The number of hydrogen-bond acceptors (Lipinski definition) is 4. The molecule has 0 aliphatic heterocycles. The van der Waals surface area contributed by atoms with Crippen molar-refractivity contribution in [3.63, 3.8) is 0 Å². The minimum atomic E-state index is -0.410. The summed E-state index contributed by atoms with van der Waals surface area (Å²) in [5.74, 6) is 0.635. The van der Waals surface area contributed by atoms with E-state index < -0.39 is 4.92 Å². The number of hydrogen-bond donors (Lipinski definition) is 0. The average molecular weight is 330 g/mol. The lowest BCUT2D eigenvalue weighted by molar-refractivity contribution is -0.385. The van der Waals surface area contributed by atoms with Crippen molar-refractivity contribution < 1.29 is 9.66 Å². The predicted octanol–water partition coefficient (Wildman–Crippen LogP) is 4.71. The minimum Gasteiger partial charge on any atom is -0.489 e. The van der Waals surface area contributed by atoms with Gasteiger partial charge in [0.15, 0.2) is 0 Å². The average Bonchev–Trinajstić information content (AvgIpc) is 2.67. The SMILES string of the molecule is N#Cc1ccc(-c2ccc(OCc3ccccc3[N+](=O)[O-])cc2)cc1. The fourth-order valence-electron chi connectivity index (χ4n) is 2.45. The molecule has 0 atom stereocenters. The first-order valence-electron chi connectivity index (χ1n) is 7.63. The molecule has 122 valence electrons. The van der Waals surface area contributed by atoms with Gasteiger partial charge in [-0.3, -0.25) is 10.1 Å². The molecule has 0 aliphatic rings. The molecule has 0 saturated heterocycles. The van der Waals surface area contributed by atoms with E-state index in [4.69, 9.17) is 10.00 Å². The molecule has 0 unspecified atom stereocenters. The van der Waals surface area contributed by atoms with E-state index in [0.717, 1.165) is 11.1 Å². The summed E-state index contributed by atoms with van der Waals surface area (Å²) in [4.78, 5) is 10.6. The highest BCUT2D eigenvalue weighted by Crippen LogP contribution is 2.24. The quantitative estimate of drug-likeness (QED) is 0.501. The molecule has 3 aromatic rings. The number of nitro benzene ring substituents is 1. The van der Waals surface area contributed by atoms with Crippen molar-refractivity contribution in [3.8, 4) is 22.9 Å². The molecule has 5 heteroatoms. The van der Waals surface area contributed by atoms with Crippen LogP contribution in [0.2, 0.25) is 0 Å². The largest absolute Gasteiger partial charge is 0.489 e. The fraction of sp³-hybridized carbons (Fsp3) is 0.0500. The molecule has 0 bridgehead atoms. The van der Waals surface area contributed by atoms with Gasteiger partial charge in [0.1, 0.15) is 12.4 Å². The van der Waals surface area contributed by atoms with Crippen LogP contribution in [0.15, 0.2) is 72.8 Å². The minimum absolute atomic E-state index is 0.0525. The third-order valence-electron chi connectivity index (χ3n) is 3.78. The lowest BCUT2D eigenvalue weighted by Gasteiger charge is -2.08. The molecular weight excluding hydrogens is 316 g/mol. The van der Waals surface area contributed by atoms with Crippen LogP contribution < -0.4 is 4.74 Å². The lowest BCUT2D eigenvalue weighted by atomic mass is 10.0. The van der Waals surface area contributed by atoms with Gasteiger partial charge < -0.3 is 4.74 Å². The second kappa shape index (κ2) is 7.28. The van der Waals surface area contributed by atoms with Gasteiger partial charge in [0.05, 0.1) is 22.1 Å². The highest BCUT2D eigenvalue weighted by Gasteiger charge is 2.12. The first kappa shape index (κ1) is 16.2. The lowest BCUT2D eigenvalue weighted by Crippen LogP contribution is -2.00. The Morgan fingerprint density at radius 3 is 2.12 bits per heavy atom. The maximum Gasteiger partial charge on any atom is 0.276 e. The molecule has 0 spiro atoms. The van der Waals surface area contributed by atoms with Crippen LogP contribution in [0.1, 0.15) is 11.1 Å². The third-order valence-corrected chi connectivity index (χ3v) is 3.78. The number of nitro groups is 1. The Labute approximate surface area is 144 Å². The van der Waals surface area contributed by atoms with Crippen LogP contribution in [-0.2, 0) is 6.61 Å². The number of nitriles is 1. The van der Waals surface area contributed by atoms with E-state index in [1.165, 1.54) is 6.07 Å². The zero-order chi connectivity index (χ0) is 17.6. The third kappa shape index (κ3) is 3.82. The second-order valence-corrected chi connectivity index (χ2v) is 5.39. The van der Waals surface area contributed by atoms with E-state index in [1.807, 2.05) is 36.4 Å². The Morgan fingerprint density at radius 2 is 1.52 bits per heavy atom. The molecule has 5 nitrogen and oxygen atoms in total. The van der Waals surface area contributed by atoms with Crippen molar-refractivity contribution in [1.29, 1.82) is 5.26 Å². The van der Waals surface area contributed by atoms with Crippen molar-refractivity contribution in [2.45, 2.75) is 6.61 Å². The van der Waals surface area contributed by atoms with Crippen LogP contribution in [0.5, 0.6) is 5.75 Å². The first-order valence-corrected chi connectivity index (χ1v) is 7.63. The Kier molecular flexibility index (Phi) is 4.72. The van der Waals surface area contributed by atoms with Gasteiger partial charge in [-0.1, -0.05) is 36.4 Å². The van der Waals surface area contributed by atoms with Gasteiger partial charge in [0, 0.05) is 6.07 Å². The molecule has 0 aliphatic carbocycles. The van der Waals surface area contributed by atoms with Crippen LogP contribution in [-0.4, -0.2) is 4.92 Å². The summed E-state index contributed by atoms with van der Waals surface area (Å²) in [6, 6.07) is 23.4. The maximum absolute atomic E-state index is 11.0. The van der Waals surface area contributed by atoms with E-state index in [0.29, 0.717) is 16.9 Å². The van der Waals surface area contributed by atoms with Crippen LogP contribution >= 0.6 is 0 Å². The highest BCUT2D eigenvalue weighted by molar-refractivity contribution is 5.65. The summed E-state index contributed by atoms with van der Waals surface area (Å²) in [6.45, 7) is 0.132. The van der Waals surface area contributed by atoms with Gasteiger partial charge in [-0.05, 0) is 41.5 Å². The molecule has 3 aromatic carbocycles. The predicted molar refractivity (Wildman–Crippen MR) is 94.0 cm³/mol. The van der Waals surface area contributed by atoms with E-state index in [1.54, 1.807) is 30.3 Å². The van der Waals surface area contributed by atoms with Gasteiger partial charge >= 0.3 is 0 Å². The molecular formula is C20H14N2O3. The molecule has 25 heavy (non-hydrogen) atoms. The zero-order valence-corrected chi connectivity index (χ0v) is 13.3. The molecule has 0 amide bonds. The van der Waals surface area contributed by atoms with Crippen LogP contribution in [0, 0.1) is 21.4 Å². The Hall–Kier alpha value is -3.65. The van der Waals surface area contributed by atoms with Crippen LogP contribution in [0.25, 0.3) is 11.1 Å². The van der Waals surface area contributed by atoms with Crippen molar-refractivity contribution in [2.75, 3.05) is 0 Å². The number of nitrogens with zero attached hydrogens (tertiary/aromatic N) is 2. The number of benzene rings is 3. The van der Waals surface area contributed by atoms with Gasteiger partial charge in [0.25, 0.3) is 5.69 Å². The molecule has 0 heterocycles. The molecule has 3 rings (SSSR count). The fourth-order valence-corrected chi connectivity index (χ4v) is 2.45. The van der Waals surface area contributed by atoms with Crippen LogP contribution in [0.3, 0.4) is 0 Å². The highest BCUT2D eigenvalue weighted by atomic mass is 16.6. The number of ether oxygens (including phenoxy) is 1. The second-order valence-electron chi connectivity index (χ2n) is 5.39. The monoisotopic (exact) mass is 330 g/mol. The van der Waals surface area contributed by atoms with Gasteiger partial charge in [-0.15, -0.1) is 0 Å². The smallest absolute Gasteiger partial charge is 0.276 e. The van der Waals surface area contributed by atoms with Crippen molar-refractivity contribution >= 4 is 5.69 Å². The Balaban J connectivity index is 1.71. The van der Waals surface area contributed by atoms with Crippen molar-refractivity contribution in [2.24, 2.45) is 0 Å². The maximum atomic E-state index is 11.0. The summed E-state index contributed by atoms with van der Waals surface area (Å²) in [6.07, 6.45) is 0. The summed E-state index contributed by atoms with van der Waals surface area (Å²) >= 11 is 0. The van der Waals surface area contributed by atoms with E-state index >= 15 is 0 Å². The van der Waals surface area contributed by atoms with Crippen molar-refractivity contribution in [1.82, 2.24) is 0 Å². The van der Waals surface area contributed by atoms with Gasteiger partial charge in [-0.2, -0.15) is 5.26 Å². The summed E-state index contributed by atoms with van der Waals surface area (Å²) in [7, 11) is 0. The van der Waals surface area contributed by atoms with E-state index in [9.17, 15) is 10.1 Å².